The number of nitrogens with two attached hydrogens (primary N) is 1. The first-order chi connectivity index (χ1) is 11.3. The molecule has 0 radical (unpaired) electrons. The van der Waals surface area contributed by atoms with Gasteiger partial charge in [0.1, 0.15) is 6.29 Å². The predicted octanol–water partition coefficient (Wildman–Crippen LogP) is 0.292. The molecular weight excluding hydrogens is 290 g/mol. The number of fused-ring (bicyclic) bond motifs is 3. The van der Waals surface area contributed by atoms with E-state index in [4.69, 9.17) is 5.73 Å². The lowest BCUT2D eigenvalue weighted by Crippen LogP contribution is -2.46. The Morgan fingerprint density at radius 2 is 2.04 bits per heavy atom. The molecule has 1 aliphatic heterocycles. The van der Waals surface area contributed by atoms with Gasteiger partial charge < -0.3 is 0 Å². The van der Waals surface area contributed by atoms with E-state index in [1.807, 2.05) is 12.1 Å². The van der Waals surface area contributed by atoms with Crippen LogP contribution in [0.3, 0.4) is 0 Å². The van der Waals surface area contributed by atoms with Gasteiger partial charge in [-0.25, -0.2) is 0 Å². The Balaban J connectivity index is 1.71. The number of aromatic nitrogens is 2. The van der Waals surface area contributed by atoms with Crippen LogP contribution in [0.15, 0.2) is 30.3 Å². The summed E-state index contributed by atoms with van der Waals surface area (Å²) in [4.78, 5) is 0. The van der Waals surface area contributed by atoms with Crippen molar-refractivity contribution in [2.24, 2.45) is 5.73 Å². The van der Waals surface area contributed by atoms with Crippen molar-refractivity contribution in [3.8, 4) is 11.3 Å². The summed E-state index contributed by atoms with van der Waals surface area (Å²) in [5, 5.41) is 17.0. The topological polar surface area (TPSA) is 91.1 Å². The molecule has 4 rings (SSSR count). The summed E-state index contributed by atoms with van der Waals surface area (Å²) >= 11 is 0. The zero-order valence-corrected chi connectivity index (χ0v) is 13.1. The molecule has 1 fully saturated rings. The van der Waals surface area contributed by atoms with Crippen LogP contribution >= 0.6 is 0 Å². The minimum atomic E-state index is -0.349. The molecule has 7 heteroatoms. The highest BCUT2D eigenvalue weighted by atomic mass is 15.7. The summed E-state index contributed by atoms with van der Waals surface area (Å²) in [5.41, 5.74) is 14.1. The molecule has 1 aromatic heterocycles. The molecule has 1 aliphatic carbocycles. The van der Waals surface area contributed by atoms with Crippen molar-refractivity contribution < 1.29 is 0 Å². The normalized spacial score (nSPS) is 23.3. The summed E-state index contributed by atoms with van der Waals surface area (Å²) in [6, 6.07) is 10.5. The number of nitrogens with zero attached hydrogens (tertiary/aromatic N) is 3. The third-order valence-electron chi connectivity index (χ3n) is 4.44. The van der Waals surface area contributed by atoms with Crippen molar-refractivity contribution in [2.45, 2.75) is 31.8 Å². The molecule has 2 aliphatic rings. The Bertz CT molecular complexity index is 717. The van der Waals surface area contributed by atoms with E-state index in [0.717, 1.165) is 30.8 Å². The van der Waals surface area contributed by atoms with Crippen LogP contribution in [0.2, 0.25) is 0 Å². The summed E-state index contributed by atoms with van der Waals surface area (Å²) in [6.07, 6.45) is 2.77. The first kappa shape index (κ1) is 14.5. The van der Waals surface area contributed by atoms with Gasteiger partial charge in [-0.2, -0.15) is 5.43 Å². The molecule has 2 heterocycles. The molecule has 1 aromatic carbocycles. The number of benzene rings is 1. The lowest BCUT2D eigenvalue weighted by atomic mass is 10.0. The largest absolute Gasteiger partial charge is 0.298 e. The molecule has 0 spiro atoms. The summed E-state index contributed by atoms with van der Waals surface area (Å²) in [6.45, 7) is 0. The van der Waals surface area contributed by atoms with Crippen molar-refractivity contribution in [3.05, 3.63) is 41.5 Å². The highest BCUT2D eigenvalue weighted by Crippen LogP contribution is 2.31. The van der Waals surface area contributed by atoms with Crippen molar-refractivity contribution >= 4 is 5.82 Å². The predicted molar refractivity (Wildman–Crippen MR) is 89.1 cm³/mol. The van der Waals surface area contributed by atoms with Gasteiger partial charge in [-0.15, -0.1) is 10.2 Å². The van der Waals surface area contributed by atoms with Gasteiger partial charge in [0, 0.05) is 5.56 Å². The summed E-state index contributed by atoms with van der Waals surface area (Å²) in [7, 11) is 1.86. The third kappa shape index (κ3) is 2.57. The first-order valence-electron chi connectivity index (χ1n) is 7.95. The molecule has 2 unspecified atom stereocenters. The Kier molecular flexibility index (Phi) is 3.70. The van der Waals surface area contributed by atoms with Crippen LogP contribution in [-0.2, 0) is 12.8 Å². The second-order valence-electron chi connectivity index (χ2n) is 5.92. The molecule has 0 bridgehead atoms. The van der Waals surface area contributed by atoms with Crippen LogP contribution in [0.5, 0.6) is 0 Å². The molecule has 7 nitrogen and oxygen atoms in total. The van der Waals surface area contributed by atoms with Gasteiger partial charge in [0.15, 0.2) is 12.1 Å². The molecule has 0 amide bonds. The standard InChI is InChI=1S/C16H21N7/c1-18-16-19-15(17)23(22-16)13-9-11-7-4-6-10-5-2-3-8-12(10)14(11)21-20-13/h2-3,5,8-9,15-16,18-19,22H,4,6-7,17H2,1H3. The number of hydrazine groups is 1. The Labute approximate surface area is 135 Å². The maximum atomic E-state index is 6.11. The van der Waals surface area contributed by atoms with Gasteiger partial charge in [0.2, 0.25) is 0 Å². The fourth-order valence-electron chi connectivity index (χ4n) is 3.25. The number of rotatable bonds is 2. The highest BCUT2D eigenvalue weighted by molar-refractivity contribution is 5.68. The van der Waals surface area contributed by atoms with Crippen LogP contribution in [-0.4, -0.2) is 29.8 Å². The van der Waals surface area contributed by atoms with Crippen LogP contribution < -0.4 is 26.8 Å². The minimum absolute atomic E-state index is 0.0775. The Hall–Kier alpha value is -2.06. The molecule has 1 saturated heterocycles. The average molecular weight is 311 g/mol. The van der Waals surface area contributed by atoms with Gasteiger partial charge in [-0.1, -0.05) is 24.3 Å². The van der Waals surface area contributed by atoms with E-state index < -0.39 is 0 Å². The molecule has 23 heavy (non-hydrogen) atoms. The van der Waals surface area contributed by atoms with Gasteiger partial charge in [-0.05, 0) is 43.5 Å². The van der Waals surface area contributed by atoms with E-state index in [1.54, 1.807) is 0 Å². The smallest absolute Gasteiger partial charge is 0.168 e. The number of nitrogens with one attached hydrogen (secondary N) is 3. The van der Waals surface area contributed by atoms with Gasteiger partial charge in [-0.3, -0.25) is 21.4 Å². The van der Waals surface area contributed by atoms with Crippen LogP contribution in [0.1, 0.15) is 17.5 Å². The molecule has 5 N–H and O–H groups in total. The van der Waals surface area contributed by atoms with Gasteiger partial charge in [0.25, 0.3) is 0 Å². The zero-order valence-electron chi connectivity index (χ0n) is 13.1. The Morgan fingerprint density at radius 1 is 1.22 bits per heavy atom. The first-order valence-corrected chi connectivity index (χ1v) is 7.95. The van der Waals surface area contributed by atoms with E-state index in [-0.39, 0.29) is 12.6 Å². The number of hydrogen-bond acceptors (Lipinski definition) is 7. The van der Waals surface area contributed by atoms with Crippen LogP contribution in [0.25, 0.3) is 11.3 Å². The lowest BCUT2D eigenvalue weighted by Gasteiger charge is -2.21. The van der Waals surface area contributed by atoms with Crippen LogP contribution in [0, 0.1) is 0 Å². The van der Waals surface area contributed by atoms with E-state index >= 15 is 0 Å². The monoisotopic (exact) mass is 311 g/mol. The van der Waals surface area contributed by atoms with Crippen molar-refractivity contribution in [2.75, 3.05) is 12.1 Å². The van der Waals surface area contributed by atoms with Crippen molar-refractivity contribution in [1.29, 1.82) is 0 Å². The maximum absolute atomic E-state index is 6.11. The molecule has 120 valence electrons. The summed E-state index contributed by atoms with van der Waals surface area (Å²) < 4.78 is 0. The maximum Gasteiger partial charge on any atom is 0.168 e. The fraction of sp³-hybridized carbons (Fsp3) is 0.375. The molecule has 2 atom stereocenters. The lowest BCUT2D eigenvalue weighted by molar-refractivity contribution is 0.465. The van der Waals surface area contributed by atoms with E-state index in [0.29, 0.717) is 0 Å². The Morgan fingerprint density at radius 3 is 2.87 bits per heavy atom. The number of aryl methyl sites for hydroxylation is 2. The van der Waals surface area contributed by atoms with Gasteiger partial charge in [0.05, 0.1) is 5.69 Å². The zero-order chi connectivity index (χ0) is 15.8. The van der Waals surface area contributed by atoms with Crippen LogP contribution in [0.4, 0.5) is 5.82 Å². The van der Waals surface area contributed by atoms with E-state index in [9.17, 15) is 0 Å². The molecule has 2 aromatic rings. The molecule has 0 saturated carbocycles. The molecular formula is C16H21N7. The van der Waals surface area contributed by atoms with Crippen molar-refractivity contribution in [1.82, 2.24) is 26.3 Å². The second-order valence-corrected chi connectivity index (χ2v) is 5.92. The second kappa shape index (κ2) is 5.86. The minimum Gasteiger partial charge on any atom is -0.298 e. The average Bonchev–Trinajstić information content (AvgIpc) is 2.86. The number of anilines is 1. The quantitative estimate of drug-likeness (QED) is 0.634. The van der Waals surface area contributed by atoms with E-state index in [2.05, 4.69) is 56.6 Å². The SMILES string of the molecule is CNC1NC(N)N(c2cc3c(nn2)-c2ccccc2CCC3)N1. The third-order valence-corrected chi connectivity index (χ3v) is 4.44. The highest BCUT2D eigenvalue weighted by Gasteiger charge is 2.29. The van der Waals surface area contributed by atoms with E-state index in [1.165, 1.54) is 16.7 Å². The summed E-state index contributed by atoms with van der Waals surface area (Å²) in [5.74, 6) is 0.737. The van der Waals surface area contributed by atoms with Crippen molar-refractivity contribution in [3.63, 3.8) is 0 Å². The van der Waals surface area contributed by atoms with Gasteiger partial charge >= 0.3 is 0 Å². The fourth-order valence-corrected chi connectivity index (χ4v) is 3.25. The number of hydrogen-bond donors (Lipinski definition) is 4.